The first-order valence-corrected chi connectivity index (χ1v) is 10.3. The molecule has 0 radical (unpaired) electrons. The first kappa shape index (κ1) is 20.4. The predicted molar refractivity (Wildman–Crippen MR) is 105 cm³/mol. The van der Waals surface area contributed by atoms with Gasteiger partial charge >= 0.3 is 5.97 Å². The largest absolute Gasteiger partial charge is 0.477 e. The fourth-order valence-electron chi connectivity index (χ4n) is 4.56. The number of β-lactam (4-membered cyclic amide) rings is 1. The first-order chi connectivity index (χ1) is 12.8. The van der Waals surface area contributed by atoms with Crippen LogP contribution in [-0.2, 0) is 9.59 Å². The lowest BCUT2D eigenvalue weighted by Crippen LogP contribution is -2.63. The molecule has 150 valence electrons. The lowest BCUT2D eigenvalue weighted by atomic mass is 9.79. The fraction of sp³-hybridized carbons (Fsp3) is 0.684. The van der Waals surface area contributed by atoms with Gasteiger partial charge in [-0.3, -0.25) is 4.79 Å². The van der Waals surface area contributed by atoms with Crippen LogP contribution >= 0.6 is 11.8 Å². The molecular formula is C19H29N3O4S. The number of carbonyl (C=O) groups is 2. The molecule has 3 aliphatic heterocycles. The van der Waals surface area contributed by atoms with Crippen molar-refractivity contribution in [2.45, 2.75) is 50.1 Å². The predicted octanol–water partition coefficient (Wildman–Crippen LogP) is 0.770. The van der Waals surface area contributed by atoms with Crippen LogP contribution in [0.25, 0.3) is 0 Å². The fourth-order valence-corrected chi connectivity index (χ4v) is 6.07. The van der Waals surface area contributed by atoms with Gasteiger partial charge in [0.05, 0.1) is 18.1 Å². The molecule has 2 saturated heterocycles. The van der Waals surface area contributed by atoms with Gasteiger partial charge in [-0.25, -0.2) is 4.79 Å². The number of hydrogen-bond acceptors (Lipinski definition) is 6. The van der Waals surface area contributed by atoms with E-state index in [-0.39, 0.29) is 28.8 Å². The van der Waals surface area contributed by atoms with Gasteiger partial charge < -0.3 is 25.7 Å². The number of fused-ring (bicyclic) bond motifs is 1. The minimum atomic E-state index is -1.06. The van der Waals surface area contributed by atoms with E-state index < -0.39 is 18.0 Å². The Morgan fingerprint density at radius 3 is 2.81 bits per heavy atom. The first-order valence-electron chi connectivity index (χ1n) is 9.46. The van der Waals surface area contributed by atoms with Gasteiger partial charge in [0.2, 0.25) is 5.91 Å². The van der Waals surface area contributed by atoms with Crippen molar-refractivity contribution in [3.63, 3.8) is 0 Å². The molecule has 1 amide bonds. The quantitative estimate of drug-likeness (QED) is 0.356. The average Bonchev–Trinajstić information content (AvgIpc) is 3.10. The number of aliphatic hydroxyl groups excluding tert-OH is 1. The molecular weight excluding hydrogens is 366 g/mol. The molecule has 3 rings (SSSR count). The molecule has 0 spiro atoms. The van der Waals surface area contributed by atoms with Crippen LogP contribution in [0.15, 0.2) is 22.8 Å². The molecule has 0 bridgehead atoms. The zero-order valence-corrected chi connectivity index (χ0v) is 16.9. The van der Waals surface area contributed by atoms with Gasteiger partial charge in [0.25, 0.3) is 0 Å². The van der Waals surface area contributed by atoms with Crippen molar-refractivity contribution in [1.29, 1.82) is 0 Å². The molecule has 0 aliphatic carbocycles. The maximum atomic E-state index is 12.4. The van der Waals surface area contributed by atoms with Gasteiger partial charge in [0.15, 0.2) is 0 Å². The summed E-state index contributed by atoms with van der Waals surface area (Å²) in [6, 6.07) is 0.101. The van der Waals surface area contributed by atoms with E-state index in [1.54, 1.807) is 18.7 Å². The van der Waals surface area contributed by atoms with Gasteiger partial charge in [-0.1, -0.05) is 19.1 Å². The maximum absolute atomic E-state index is 12.4. The van der Waals surface area contributed by atoms with Crippen molar-refractivity contribution < 1.29 is 19.8 Å². The van der Waals surface area contributed by atoms with Crippen molar-refractivity contribution >= 4 is 23.6 Å². The van der Waals surface area contributed by atoms with Crippen molar-refractivity contribution in [3.05, 3.63) is 22.8 Å². The van der Waals surface area contributed by atoms with Crippen LogP contribution < -0.4 is 10.6 Å². The van der Waals surface area contributed by atoms with E-state index in [2.05, 4.69) is 17.2 Å². The maximum Gasteiger partial charge on any atom is 0.353 e. The van der Waals surface area contributed by atoms with E-state index in [0.29, 0.717) is 6.04 Å². The SMILES string of the molecule is C=C(CNC)C[C@H]1C[C@H](SC2=C(C(=O)O)N3C(=O)[C@H]([C@@H](C)O)[C@H]3[C@H]2C)CN1. The molecule has 0 aromatic carbocycles. The monoisotopic (exact) mass is 395 g/mol. The summed E-state index contributed by atoms with van der Waals surface area (Å²) in [5, 5.41) is 26.5. The summed E-state index contributed by atoms with van der Waals surface area (Å²) in [5.74, 6) is -1.92. The summed E-state index contributed by atoms with van der Waals surface area (Å²) in [6.07, 6.45) is 1.07. The molecule has 0 aromatic rings. The summed E-state index contributed by atoms with van der Waals surface area (Å²) >= 11 is 1.58. The number of carboxylic acids is 1. The molecule has 8 heteroatoms. The number of nitrogens with zero attached hydrogens (tertiary/aromatic N) is 1. The number of nitrogens with one attached hydrogen (secondary N) is 2. The summed E-state index contributed by atoms with van der Waals surface area (Å²) in [4.78, 5) is 26.4. The zero-order chi connectivity index (χ0) is 19.9. The highest BCUT2D eigenvalue weighted by molar-refractivity contribution is 8.03. The van der Waals surface area contributed by atoms with Crippen molar-refractivity contribution in [2.75, 3.05) is 20.1 Å². The minimum Gasteiger partial charge on any atom is -0.477 e. The lowest BCUT2D eigenvalue weighted by molar-refractivity contribution is -0.163. The topological polar surface area (TPSA) is 102 Å². The summed E-state index contributed by atoms with van der Waals surface area (Å²) in [6.45, 7) is 9.25. The highest BCUT2D eigenvalue weighted by Crippen LogP contribution is 2.51. The van der Waals surface area contributed by atoms with Crippen LogP contribution in [0.5, 0.6) is 0 Å². The van der Waals surface area contributed by atoms with Crippen LogP contribution in [0.4, 0.5) is 0 Å². The van der Waals surface area contributed by atoms with Gasteiger partial charge in [0, 0.05) is 35.2 Å². The van der Waals surface area contributed by atoms with E-state index in [4.69, 9.17) is 0 Å². The zero-order valence-electron chi connectivity index (χ0n) is 16.1. The number of aliphatic hydroxyl groups is 1. The van der Waals surface area contributed by atoms with Gasteiger partial charge in [0.1, 0.15) is 5.70 Å². The number of thioether (sulfide) groups is 1. The molecule has 3 heterocycles. The number of carbonyl (C=O) groups excluding carboxylic acids is 1. The normalized spacial score (nSPS) is 33.9. The number of carboxylic acid groups (broad SMARTS) is 1. The Bertz CT molecular complexity index is 678. The molecule has 27 heavy (non-hydrogen) atoms. The second-order valence-corrected chi connectivity index (χ2v) is 9.18. The Hall–Kier alpha value is -1.35. The molecule has 0 saturated carbocycles. The molecule has 0 aromatic heterocycles. The van der Waals surface area contributed by atoms with Crippen LogP contribution in [0.3, 0.4) is 0 Å². The molecule has 0 unspecified atom stereocenters. The van der Waals surface area contributed by atoms with Gasteiger partial charge in [-0.05, 0) is 26.8 Å². The van der Waals surface area contributed by atoms with Crippen molar-refractivity contribution in [3.8, 4) is 0 Å². The van der Waals surface area contributed by atoms with Crippen LogP contribution in [0, 0.1) is 11.8 Å². The summed E-state index contributed by atoms with van der Waals surface area (Å²) in [5.41, 5.74) is 1.26. The number of aliphatic carboxylic acids is 1. The number of rotatable bonds is 8. The molecule has 4 N–H and O–H groups in total. The summed E-state index contributed by atoms with van der Waals surface area (Å²) in [7, 11) is 1.90. The Labute approximate surface area is 164 Å². The Morgan fingerprint density at radius 2 is 2.22 bits per heavy atom. The van der Waals surface area contributed by atoms with Crippen molar-refractivity contribution in [2.24, 2.45) is 11.8 Å². The summed E-state index contributed by atoms with van der Waals surface area (Å²) < 4.78 is 0. The van der Waals surface area contributed by atoms with Crippen LogP contribution in [-0.4, -0.2) is 70.6 Å². The number of amides is 1. The number of likely N-dealkylation sites (N-methyl/N-ethyl adjacent to an activating group) is 1. The van der Waals surface area contributed by atoms with E-state index in [9.17, 15) is 19.8 Å². The van der Waals surface area contributed by atoms with E-state index in [0.717, 1.165) is 36.4 Å². The molecule has 7 nitrogen and oxygen atoms in total. The second kappa shape index (κ2) is 7.95. The highest BCUT2D eigenvalue weighted by atomic mass is 32.2. The minimum absolute atomic E-state index is 0.0725. The molecule has 2 fully saturated rings. The lowest BCUT2D eigenvalue weighted by Gasteiger charge is -2.46. The third-order valence-electron chi connectivity index (χ3n) is 5.75. The van der Waals surface area contributed by atoms with Gasteiger partial charge in [-0.2, -0.15) is 0 Å². The smallest absolute Gasteiger partial charge is 0.353 e. The van der Waals surface area contributed by atoms with Crippen LogP contribution in [0.2, 0.25) is 0 Å². The molecule has 3 aliphatic rings. The highest BCUT2D eigenvalue weighted by Gasteiger charge is 2.60. The Balaban J connectivity index is 1.70. The van der Waals surface area contributed by atoms with E-state index in [1.165, 1.54) is 4.90 Å². The standard InChI is InChI=1S/C19H29N3O4S/c1-9(7-20-4)5-12-6-13(8-21-12)27-17-10(2)15-14(11(3)23)18(24)22(15)16(17)19(25)26/h10-15,20-21,23H,1,5-8H2,2-4H3,(H,25,26)/t10-,11-,12+,13+,14-,15-/m1/s1. The van der Waals surface area contributed by atoms with Gasteiger partial charge in [-0.15, -0.1) is 11.8 Å². The Kier molecular flexibility index (Phi) is 6.00. The Morgan fingerprint density at radius 1 is 1.52 bits per heavy atom. The van der Waals surface area contributed by atoms with E-state index >= 15 is 0 Å². The third kappa shape index (κ3) is 3.68. The molecule has 6 atom stereocenters. The second-order valence-electron chi connectivity index (χ2n) is 7.84. The van der Waals surface area contributed by atoms with Crippen LogP contribution in [0.1, 0.15) is 26.7 Å². The number of hydrogen-bond donors (Lipinski definition) is 4. The van der Waals surface area contributed by atoms with Crippen molar-refractivity contribution in [1.82, 2.24) is 15.5 Å². The van der Waals surface area contributed by atoms with E-state index in [1.807, 2.05) is 14.0 Å². The average molecular weight is 396 g/mol. The third-order valence-corrected chi connectivity index (χ3v) is 7.26.